The first-order chi connectivity index (χ1) is 4.34. The predicted octanol–water partition coefficient (Wildman–Crippen LogP) is -0.449. The molecule has 0 aromatic heterocycles. The molecule has 1 fully saturated rings. The van der Waals surface area contributed by atoms with Gasteiger partial charge in [-0.25, -0.2) is 0 Å². The highest BCUT2D eigenvalue weighted by Crippen LogP contribution is 2.06. The highest BCUT2D eigenvalue weighted by molar-refractivity contribution is 5.81. The van der Waals surface area contributed by atoms with Crippen LogP contribution in [0.25, 0.3) is 0 Å². The topological polar surface area (TPSA) is 52.3 Å². The number of carbonyl (C=O) groups excluding carboxylic acids is 1. The number of hydrogen-bond acceptors (Lipinski definition) is 3. The lowest BCUT2D eigenvalue weighted by Gasteiger charge is -2.18. The van der Waals surface area contributed by atoms with Crippen LogP contribution in [0.3, 0.4) is 0 Å². The first kappa shape index (κ1) is 6.71. The van der Waals surface area contributed by atoms with Crippen molar-refractivity contribution in [1.29, 1.82) is 0 Å². The Bertz CT molecular complexity index is 114. The van der Waals surface area contributed by atoms with Gasteiger partial charge in [0, 0.05) is 13.0 Å². The minimum Gasteiger partial charge on any atom is -0.380 e. The smallest absolute Gasteiger partial charge is 0.141 e. The molecule has 1 aliphatic heterocycles. The van der Waals surface area contributed by atoms with Crippen LogP contribution in [0.1, 0.15) is 6.42 Å². The van der Waals surface area contributed by atoms with Gasteiger partial charge in [-0.1, -0.05) is 0 Å². The van der Waals surface area contributed by atoms with Gasteiger partial charge in [0.25, 0.3) is 0 Å². The van der Waals surface area contributed by atoms with Crippen molar-refractivity contribution in [2.45, 2.75) is 6.42 Å². The largest absolute Gasteiger partial charge is 0.380 e. The maximum Gasteiger partial charge on any atom is 0.141 e. The standard InChI is InChI=1S/C6H11NO2/c7-3-5-4-9-2-1-6(5)8/h5H,1-4,7H2. The van der Waals surface area contributed by atoms with Gasteiger partial charge in [-0.15, -0.1) is 0 Å². The van der Waals surface area contributed by atoms with Crippen molar-refractivity contribution in [3.63, 3.8) is 0 Å². The fourth-order valence-electron chi connectivity index (χ4n) is 0.895. The van der Waals surface area contributed by atoms with E-state index in [1.165, 1.54) is 0 Å². The molecule has 0 bridgehead atoms. The Morgan fingerprint density at radius 3 is 3.00 bits per heavy atom. The minimum absolute atomic E-state index is 0.0289. The Kier molecular flexibility index (Phi) is 2.19. The molecule has 0 spiro atoms. The second-order valence-corrected chi connectivity index (χ2v) is 2.22. The third-order valence-electron chi connectivity index (χ3n) is 1.55. The summed E-state index contributed by atoms with van der Waals surface area (Å²) >= 11 is 0. The van der Waals surface area contributed by atoms with E-state index in [9.17, 15) is 4.79 Å². The molecule has 0 amide bonds. The predicted molar refractivity (Wildman–Crippen MR) is 33.0 cm³/mol. The number of nitrogens with two attached hydrogens (primary N) is 1. The average Bonchev–Trinajstić information content (AvgIpc) is 1.89. The molecule has 0 saturated carbocycles. The van der Waals surface area contributed by atoms with Crippen molar-refractivity contribution in [3.8, 4) is 0 Å². The Morgan fingerprint density at radius 2 is 2.56 bits per heavy atom. The van der Waals surface area contributed by atoms with Gasteiger partial charge in [0.15, 0.2) is 0 Å². The van der Waals surface area contributed by atoms with Gasteiger partial charge in [0.1, 0.15) is 5.78 Å². The van der Waals surface area contributed by atoms with E-state index in [1.807, 2.05) is 0 Å². The molecule has 3 heteroatoms. The third-order valence-corrected chi connectivity index (χ3v) is 1.55. The molecule has 0 aliphatic carbocycles. The van der Waals surface area contributed by atoms with Crippen LogP contribution < -0.4 is 5.73 Å². The van der Waals surface area contributed by atoms with Crippen LogP contribution in [0.5, 0.6) is 0 Å². The summed E-state index contributed by atoms with van der Waals surface area (Å²) in [7, 11) is 0. The summed E-state index contributed by atoms with van der Waals surface area (Å²) in [6, 6.07) is 0. The van der Waals surface area contributed by atoms with E-state index in [0.717, 1.165) is 0 Å². The van der Waals surface area contributed by atoms with Gasteiger partial charge in [-0.2, -0.15) is 0 Å². The summed E-state index contributed by atoms with van der Waals surface area (Å²) in [6.07, 6.45) is 0.544. The van der Waals surface area contributed by atoms with Gasteiger partial charge in [0.2, 0.25) is 0 Å². The molecule has 2 N–H and O–H groups in total. The summed E-state index contributed by atoms with van der Waals surface area (Å²) in [4.78, 5) is 10.9. The van der Waals surface area contributed by atoms with E-state index < -0.39 is 0 Å². The number of hydrogen-bond donors (Lipinski definition) is 1. The van der Waals surface area contributed by atoms with Crippen molar-refractivity contribution in [1.82, 2.24) is 0 Å². The van der Waals surface area contributed by atoms with Crippen LogP contribution in [0, 0.1) is 5.92 Å². The second kappa shape index (κ2) is 2.94. The number of ketones is 1. The number of carbonyl (C=O) groups is 1. The van der Waals surface area contributed by atoms with Gasteiger partial charge in [-0.3, -0.25) is 4.79 Å². The summed E-state index contributed by atoms with van der Waals surface area (Å²) in [5.74, 6) is 0.225. The van der Waals surface area contributed by atoms with Crippen LogP contribution in [0.4, 0.5) is 0 Å². The maximum atomic E-state index is 10.9. The van der Waals surface area contributed by atoms with E-state index in [2.05, 4.69) is 0 Å². The van der Waals surface area contributed by atoms with E-state index >= 15 is 0 Å². The second-order valence-electron chi connectivity index (χ2n) is 2.22. The van der Waals surface area contributed by atoms with Gasteiger partial charge >= 0.3 is 0 Å². The van der Waals surface area contributed by atoms with Crippen molar-refractivity contribution in [2.24, 2.45) is 11.7 Å². The molecule has 1 unspecified atom stereocenters. The van der Waals surface area contributed by atoms with Gasteiger partial charge in [-0.05, 0) is 0 Å². The van der Waals surface area contributed by atoms with Crippen molar-refractivity contribution in [3.05, 3.63) is 0 Å². The first-order valence-corrected chi connectivity index (χ1v) is 3.15. The lowest BCUT2D eigenvalue weighted by atomic mass is 10.0. The van der Waals surface area contributed by atoms with Crippen molar-refractivity contribution >= 4 is 5.78 Å². The van der Waals surface area contributed by atoms with Gasteiger partial charge in [0.05, 0.1) is 19.1 Å². The molecule has 0 radical (unpaired) electrons. The SMILES string of the molecule is NCC1COCCC1=O. The minimum atomic E-state index is -0.0289. The molecule has 1 heterocycles. The Morgan fingerprint density at radius 1 is 1.78 bits per heavy atom. The molecule has 1 atom stereocenters. The van der Waals surface area contributed by atoms with Crippen LogP contribution >= 0.6 is 0 Å². The zero-order valence-electron chi connectivity index (χ0n) is 5.30. The molecule has 0 aromatic carbocycles. The normalized spacial score (nSPS) is 28.6. The fraction of sp³-hybridized carbons (Fsp3) is 0.833. The molecule has 1 rings (SSSR count). The van der Waals surface area contributed by atoms with E-state index in [1.54, 1.807) is 0 Å². The summed E-state index contributed by atoms with van der Waals surface area (Å²) in [6.45, 7) is 1.53. The Balaban J connectivity index is 2.39. The van der Waals surface area contributed by atoms with Crippen molar-refractivity contribution in [2.75, 3.05) is 19.8 Å². The lowest BCUT2D eigenvalue weighted by molar-refractivity contribution is -0.129. The monoisotopic (exact) mass is 129 g/mol. The number of rotatable bonds is 1. The maximum absolute atomic E-state index is 10.9. The Labute approximate surface area is 54.2 Å². The van der Waals surface area contributed by atoms with E-state index in [0.29, 0.717) is 26.2 Å². The zero-order valence-corrected chi connectivity index (χ0v) is 5.30. The van der Waals surface area contributed by atoms with Gasteiger partial charge < -0.3 is 10.5 Å². The molecule has 1 saturated heterocycles. The summed E-state index contributed by atoms with van der Waals surface area (Å²) in [5.41, 5.74) is 5.29. The summed E-state index contributed by atoms with van der Waals surface area (Å²) in [5, 5.41) is 0. The van der Waals surface area contributed by atoms with Crippen molar-refractivity contribution < 1.29 is 9.53 Å². The van der Waals surface area contributed by atoms with E-state index in [-0.39, 0.29) is 11.7 Å². The highest BCUT2D eigenvalue weighted by Gasteiger charge is 2.20. The lowest BCUT2D eigenvalue weighted by Crippen LogP contribution is -2.33. The average molecular weight is 129 g/mol. The molecular weight excluding hydrogens is 118 g/mol. The number of Topliss-reactive ketones (excluding diaryl/α,β-unsaturated/α-hetero) is 1. The quantitative estimate of drug-likeness (QED) is 0.521. The Hall–Kier alpha value is -0.410. The molecule has 52 valence electrons. The summed E-state index contributed by atoms with van der Waals surface area (Å²) < 4.78 is 5.04. The van der Waals surface area contributed by atoms with Crippen LogP contribution in [-0.2, 0) is 9.53 Å². The molecule has 0 aromatic rings. The molecule has 3 nitrogen and oxygen atoms in total. The van der Waals surface area contributed by atoms with E-state index in [4.69, 9.17) is 10.5 Å². The highest BCUT2D eigenvalue weighted by atomic mass is 16.5. The first-order valence-electron chi connectivity index (χ1n) is 3.15. The van der Waals surface area contributed by atoms with Crippen LogP contribution in [0.15, 0.2) is 0 Å². The number of ether oxygens (including phenoxy) is 1. The third kappa shape index (κ3) is 1.50. The zero-order chi connectivity index (χ0) is 6.69. The fourth-order valence-corrected chi connectivity index (χ4v) is 0.895. The van der Waals surface area contributed by atoms with Crippen LogP contribution in [0.2, 0.25) is 0 Å². The van der Waals surface area contributed by atoms with Crippen LogP contribution in [-0.4, -0.2) is 25.5 Å². The molecule has 9 heavy (non-hydrogen) atoms. The molecule has 1 aliphatic rings. The molecular formula is C6H11NO2.